The Morgan fingerprint density at radius 2 is 2.00 bits per heavy atom. The zero-order chi connectivity index (χ0) is 26.2. The number of hydrogen-bond acceptors (Lipinski definition) is 11. The highest BCUT2D eigenvalue weighted by molar-refractivity contribution is 5.89. The average molecular weight is 514 g/mol. The minimum atomic E-state index is -1.81. The van der Waals surface area contributed by atoms with Crippen molar-refractivity contribution < 1.29 is 39.4 Å². The lowest BCUT2D eigenvalue weighted by Crippen LogP contribution is -2.61. The van der Waals surface area contributed by atoms with E-state index in [0.717, 1.165) is 18.2 Å². The number of fused-ring (bicyclic) bond motifs is 1. The fraction of sp³-hybridized carbons (Fsp3) is 0.522. The monoisotopic (exact) mass is 514 g/mol. The highest BCUT2D eigenvalue weighted by Crippen LogP contribution is 2.45. The van der Waals surface area contributed by atoms with Crippen LogP contribution in [0.5, 0.6) is 0 Å². The maximum atomic E-state index is 11.0. The Morgan fingerprint density at radius 3 is 2.73 bits per heavy atom. The normalized spacial score (nSPS) is 28.1. The molecule has 3 aromatic heterocycles. The van der Waals surface area contributed by atoms with Gasteiger partial charge < -0.3 is 39.6 Å². The first kappa shape index (κ1) is 25.1. The van der Waals surface area contributed by atoms with E-state index in [9.17, 15) is 25.4 Å². The van der Waals surface area contributed by atoms with Crippen molar-refractivity contribution >= 4 is 17.2 Å². The van der Waals surface area contributed by atoms with Gasteiger partial charge in [0.25, 0.3) is 0 Å². The minimum Gasteiger partial charge on any atom is -0.450 e. The van der Waals surface area contributed by atoms with E-state index in [4.69, 9.17) is 14.6 Å². The first-order valence-corrected chi connectivity index (χ1v) is 11.8. The number of aliphatic hydroxyl groups is 3. The Kier molecular flexibility index (Phi) is 6.80. The van der Waals surface area contributed by atoms with Gasteiger partial charge in [-0.25, -0.2) is 14.8 Å². The van der Waals surface area contributed by atoms with Crippen LogP contribution in [-0.2, 0) is 14.2 Å². The summed E-state index contributed by atoms with van der Waals surface area (Å²) in [4.78, 5) is 22.6. The molecule has 1 saturated carbocycles. The maximum Gasteiger partial charge on any atom is 0.508 e. The van der Waals surface area contributed by atoms with Crippen molar-refractivity contribution in [3.8, 4) is 17.3 Å². The summed E-state index contributed by atoms with van der Waals surface area (Å²) in [6.07, 6.45) is -1.23. The number of nitriles is 1. The van der Waals surface area contributed by atoms with Crippen LogP contribution in [0, 0.1) is 11.3 Å². The molecule has 14 heteroatoms. The highest BCUT2D eigenvalue weighted by atomic mass is 16.8. The van der Waals surface area contributed by atoms with E-state index in [2.05, 4.69) is 30.9 Å². The van der Waals surface area contributed by atoms with Crippen molar-refractivity contribution in [3.63, 3.8) is 0 Å². The zero-order valence-corrected chi connectivity index (χ0v) is 19.5. The number of H-pyrrole nitrogens is 1. The predicted octanol–water partition coefficient (Wildman–Crippen LogP) is 1.07. The summed E-state index contributed by atoms with van der Waals surface area (Å²) in [5.74, 6) is 0. The second-order valence-electron chi connectivity index (χ2n) is 9.17. The molecule has 37 heavy (non-hydrogen) atoms. The van der Waals surface area contributed by atoms with Crippen molar-refractivity contribution in [1.29, 1.82) is 5.26 Å². The third-order valence-electron chi connectivity index (χ3n) is 6.98. The summed E-state index contributed by atoms with van der Waals surface area (Å²) in [6.45, 7) is 0. The topological polar surface area (TPSA) is 209 Å². The summed E-state index contributed by atoms with van der Waals surface area (Å²) in [5, 5.41) is 54.9. The van der Waals surface area contributed by atoms with Gasteiger partial charge in [-0.15, -0.1) is 0 Å². The molecule has 0 spiro atoms. The van der Waals surface area contributed by atoms with E-state index >= 15 is 0 Å². The summed E-state index contributed by atoms with van der Waals surface area (Å²) in [6, 6.07) is 3.41. The second kappa shape index (κ2) is 10.0. The molecule has 3 aromatic rings. The molecule has 5 N–H and O–H groups in total. The predicted molar refractivity (Wildman–Crippen MR) is 122 cm³/mol. The quantitative estimate of drug-likeness (QED) is 0.280. The first-order chi connectivity index (χ1) is 17.8. The van der Waals surface area contributed by atoms with Gasteiger partial charge in [-0.3, -0.25) is 4.68 Å². The molecule has 6 atom stereocenters. The molecule has 0 bridgehead atoms. The van der Waals surface area contributed by atoms with Gasteiger partial charge in [0.15, 0.2) is 6.29 Å². The Hall–Kier alpha value is -3.61. The van der Waals surface area contributed by atoms with Crippen molar-refractivity contribution in [1.82, 2.24) is 24.7 Å². The van der Waals surface area contributed by atoms with E-state index < -0.39 is 48.7 Å². The molecular formula is C23H26N6O8. The van der Waals surface area contributed by atoms with E-state index in [1.54, 1.807) is 23.3 Å². The van der Waals surface area contributed by atoms with Gasteiger partial charge in [0, 0.05) is 23.3 Å². The van der Waals surface area contributed by atoms with Gasteiger partial charge in [0.2, 0.25) is 6.29 Å². The molecule has 0 amide bonds. The molecule has 196 valence electrons. The number of ether oxygens (including phenoxy) is 3. The highest BCUT2D eigenvalue weighted by Gasteiger charge is 2.52. The van der Waals surface area contributed by atoms with E-state index in [0.29, 0.717) is 29.7 Å². The van der Waals surface area contributed by atoms with Gasteiger partial charge in [0.1, 0.15) is 30.3 Å². The van der Waals surface area contributed by atoms with Gasteiger partial charge >= 0.3 is 6.16 Å². The van der Waals surface area contributed by atoms with Crippen LogP contribution in [0.15, 0.2) is 31.0 Å². The lowest BCUT2D eigenvalue weighted by molar-refractivity contribution is -0.362. The van der Waals surface area contributed by atoms with Crippen molar-refractivity contribution in [3.05, 3.63) is 31.0 Å². The number of hydrogen-bond donors (Lipinski definition) is 5. The Balaban J connectivity index is 1.46. The molecule has 0 radical (unpaired) electrons. The van der Waals surface area contributed by atoms with E-state index in [1.807, 2.05) is 6.07 Å². The summed E-state index contributed by atoms with van der Waals surface area (Å²) in [5.41, 5.74) is 0.983. The van der Waals surface area contributed by atoms with Crippen molar-refractivity contribution in [2.24, 2.45) is 0 Å². The molecule has 1 saturated heterocycles. The lowest BCUT2D eigenvalue weighted by Gasteiger charge is -2.45. The number of nitrogens with zero attached hydrogens (tertiary/aromatic N) is 5. The number of aliphatic hydroxyl groups excluding tert-OH is 3. The largest absolute Gasteiger partial charge is 0.508 e. The molecule has 0 aromatic carbocycles. The van der Waals surface area contributed by atoms with Gasteiger partial charge in [-0.05, 0) is 18.9 Å². The minimum absolute atomic E-state index is 0.00745. The van der Waals surface area contributed by atoms with E-state index in [-0.39, 0.29) is 6.42 Å². The number of aromatic nitrogens is 5. The fourth-order valence-electron chi connectivity index (χ4n) is 5.19. The first-order valence-electron chi connectivity index (χ1n) is 11.8. The Labute approximate surface area is 210 Å². The van der Waals surface area contributed by atoms with Crippen LogP contribution in [0.25, 0.3) is 22.3 Å². The molecule has 2 aliphatic rings. The molecule has 5 rings (SSSR count). The third kappa shape index (κ3) is 4.63. The number of aromatic amines is 1. The molecule has 4 heterocycles. The number of nitrogens with one attached hydrogen (secondary N) is 1. The van der Waals surface area contributed by atoms with Gasteiger partial charge in [-0.2, -0.15) is 10.4 Å². The molecule has 14 nitrogen and oxygen atoms in total. The third-order valence-corrected chi connectivity index (χ3v) is 6.98. The SMILES string of the molecule is N#CCC(n1cc(-c2ncnc3[nH]ccc23)cn1)C1(OC2OC(OC(=O)O)C(O)C(O)C2O)CCCC1. The number of carbonyl (C=O) groups is 1. The van der Waals surface area contributed by atoms with Crippen LogP contribution in [0.1, 0.15) is 38.1 Å². The molecule has 1 aliphatic carbocycles. The molecule has 2 fully saturated rings. The maximum absolute atomic E-state index is 11.0. The Morgan fingerprint density at radius 1 is 1.24 bits per heavy atom. The van der Waals surface area contributed by atoms with Crippen LogP contribution in [0.3, 0.4) is 0 Å². The van der Waals surface area contributed by atoms with E-state index in [1.165, 1.54) is 6.33 Å². The molecule has 6 unspecified atom stereocenters. The summed E-state index contributed by atoms with van der Waals surface area (Å²) in [7, 11) is 0. The van der Waals surface area contributed by atoms with Crippen LogP contribution in [0.4, 0.5) is 4.79 Å². The molecular weight excluding hydrogens is 488 g/mol. The van der Waals surface area contributed by atoms with Crippen LogP contribution >= 0.6 is 0 Å². The zero-order valence-electron chi connectivity index (χ0n) is 19.5. The smallest absolute Gasteiger partial charge is 0.450 e. The van der Waals surface area contributed by atoms with Crippen molar-refractivity contribution in [2.75, 3.05) is 0 Å². The molecule has 1 aliphatic heterocycles. The van der Waals surface area contributed by atoms with Crippen LogP contribution < -0.4 is 0 Å². The lowest BCUT2D eigenvalue weighted by atomic mass is 9.89. The fourth-order valence-corrected chi connectivity index (χ4v) is 5.19. The second-order valence-corrected chi connectivity index (χ2v) is 9.17. The van der Waals surface area contributed by atoms with Gasteiger partial charge in [-0.1, -0.05) is 12.8 Å². The average Bonchev–Trinajstić information content (AvgIpc) is 3.65. The van der Waals surface area contributed by atoms with Crippen LogP contribution in [0.2, 0.25) is 0 Å². The number of carboxylic acid groups (broad SMARTS) is 1. The van der Waals surface area contributed by atoms with Crippen molar-refractivity contribution in [2.45, 2.75) is 74.6 Å². The standard InChI is InChI=1S/C23H26N6O8/c24-7-3-14(29-10-12(9-28-29)15-13-4-8-25-19(13)27-11-26-15)23(5-1-2-6-23)37-21-18(32)16(30)17(31)20(35-21)36-22(33)34/h4,8-11,14,16-18,20-21,30-32H,1-3,5-6H2,(H,33,34)(H,25,26,27). The summed E-state index contributed by atoms with van der Waals surface area (Å²) < 4.78 is 17.9. The Bertz CT molecular complexity index is 1300. The van der Waals surface area contributed by atoms with Gasteiger partial charge in [0.05, 0.1) is 36.0 Å². The number of rotatable bonds is 7. The van der Waals surface area contributed by atoms with Crippen LogP contribution in [-0.4, -0.2) is 87.8 Å². The summed E-state index contributed by atoms with van der Waals surface area (Å²) >= 11 is 0.